The molecule has 0 aromatic heterocycles. The van der Waals surface area contributed by atoms with Gasteiger partial charge in [0.05, 0.1) is 23.7 Å². The van der Waals surface area contributed by atoms with E-state index in [0.29, 0.717) is 61.0 Å². The fourth-order valence-electron chi connectivity index (χ4n) is 11.1. The van der Waals surface area contributed by atoms with Crippen molar-refractivity contribution < 1.29 is 28.8 Å². The Morgan fingerprint density at radius 1 is 0.448 bits per heavy atom. The van der Waals surface area contributed by atoms with E-state index in [2.05, 4.69) is 21.3 Å². The Hall–Kier alpha value is -5.98. The van der Waals surface area contributed by atoms with E-state index in [1.165, 1.54) is 9.80 Å². The van der Waals surface area contributed by atoms with Crippen LogP contribution in [0, 0.1) is 23.7 Å². The molecule has 0 saturated carbocycles. The molecule has 6 aliphatic heterocycles. The quantitative estimate of drug-likeness (QED) is 0.132. The van der Waals surface area contributed by atoms with Gasteiger partial charge in [-0.25, -0.2) is 0 Å². The third kappa shape index (κ3) is 5.27. The van der Waals surface area contributed by atoms with Crippen LogP contribution >= 0.6 is 0 Å². The lowest BCUT2D eigenvalue weighted by molar-refractivity contribution is -0.144. The van der Waals surface area contributed by atoms with Crippen molar-refractivity contribution in [3.05, 3.63) is 131 Å². The summed E-state index contributed by atoms with van der Waals surface area (Å²) in [6.07, 6.45) is 3.38. The molecular weight excluding hydrogens is 733 g/mol. The Morgan fingerprint density at radius 3 is 1.24 bits per heavy atom. The maximum Gasteiger partial charge on any atom is 0.250 e. The second kappa shape index (κ2) is 13.8. The summed E-state index contributed by atoms with van der Waals surface area (Å²) in [5.74, 6) is -4.98. The largest absolute Gasteiger partial charge is 0.324 e. The molecule has 4 aromatic carbocycles. The number of nitrogens with zero attached hydrogens (tertiary/aromatic N) is 2. The minimum absolute atomic E-state index is 0.220. The third-order valence-electron chi connectivity index (χ3n) is 13.5. The minimum atomic E-state index is -1.34. The number of imide groups is 2. The van der Waals surface area contributed by atoms with E-state index in [9.17, 15) is 28.8 Å². The molecule has 294 valence electrons. The van der Waals surface area contributed by atoms with Gasteiger partial charge in [0.1, 0.15) is 11.1 Å². The van der Waals surface area contributed by atoms with E-state index in [0.717, 1.165) is 11.1 Å². The van der Waals surface area contributed by atoms with Gasteiger partial charge in [0.2, 0.25) is 35.4 Å². The van der Waals surface area contributed by atoms with Crippen molar-refractivity contribution in [2.75, 3.05) is 23.7 Å². The molecule has 58 heavy (non-hydrogen) atoms. The second-order valence-corrected chi connectivity index (χ2v) is 16.6. The molecule has 0 radical (unpaired) electrons. The lowest BCUT2D eigenvalue weighted by Gasteiger charge is -2.29. The van der Waals surface area contributed by atoms with Crippen LogP contribution in [0.25, 0.3) is 0 Å². The average molecular weight is 777 g/mol. The standard InChI is InChI=1S/C46H44N6O6/c53-39-35-33(25-27-15-5-3-6-16-27)49-45(29-19-9-11-21-31(29)47-43(45)57)37(35)41(55)51(39)23-13-1-2-14-24-52-40(54)36-34(26-28-17-7-4-8-18-28)50-46(38(36)42(52)56)30-20-10-12-22-32(30)48-44(46)58/h3-12,15-22,33-38,49-50H,1-2,13-14,23-26H2,(H,47,57)(H,48,58). The first kappa shape index (κ1) is 36.4. The molecule has 6 heterocycles. The topological polar surface area (TPSA) is 157 Å². The molecule has 4 N–H and O–H groups in total. The molecule has 4 fully saturated rings. The molecule has 4 saturated heterocycles. The molecule has 0 aliphatic carbocycles. The molecule has 10 rings (SSSR count). The van der Waals surface area contributed by atoms with Crippen molar-refractivity contribution in [3.63, 3.8) is 0 Å². The summed E-state index contributed by atoms with van der Waals surface area (Å²) < 4.78 is 0. The van der Waals surface area contributed by atoms with Crippen molar-refractivity contribution in [2.24, 2.45) is 23.7 Å². The number of benzene rings is 4. The molecule has 12 nitrogen and oxygen atoms in total. The van der Waals surface area contributed by atoms with Crippen LogP contribution < -0.4 is 21.3 Å². The smallest absolute Gasteiger partial charge is 0.250 e. The highest BCUT2D eigenvalue weighted by Gasteiger charge is 2.71. The van der Waals surface area contributed by atoms with Crippen LogP contribution in [0.4, 0.5) is 11.4 Å². The van der Waals surface area contributed by atoms with Gasteiger partial charge in [-0.3, -0.25) is 49.2 Å². The van der Waals surface area contributed by atoms with E-state index in [-0.39, 0.29) is 48.5 Å². The monoisotopic (exact) mass is 776 g/mol. The summed E-state index contributed by atoms with van der Waals surface area (Å²) in [7, 11) is 0. The maximum atomic E-state index is 14.3. The van der Waals surface area contributed by atoms with E-state index < -0.39 is 46.8 Å². The number of rotatable bonds is 11. The number of anilines is 2. The molecule has 4 aromatic rings. The number of likely N-dealkylation sites (tertiary alicyclic amines) is 2. The Morgan fingerprint density at radius 2 is 0.828 bits per heavy atom. The Bertz CT molecular complexity index is 2210. The van der Waals surface area contributed by atoms with Crippen molar-refractivity contribution in [3.8, 4) is 0 Å². The summed E-state index contributed by atoms with van der Waals surface area (Å²) in [5.41, 5.74) is 2.00. The average Bonchev–Trinajstić information content (AvgIpc) is 4.02. The van der Waals surface area contributed by atoms with Crippen LogP contribution in [0.3, 0.4) is 0 Å². The van der Waals surface area contributed by atoms with Crippen LogP contribution in [0.5, 0.6) is 0 Å². The normalized spacial score (nSPS) is 30.3. The fraction of sp³-hybridized carbons (Fsp3) is 0.348. The molecule has 8 atom stereocenters. The van der Waals surface area contributed by atoms with Gasteiger partial charge in [-0.05, 0) is 48.9 Å². The Labute approximate surface area is 335 Å². The highest BCUT2D eigenvalue weighted by Crippen LogP contribution is 2.55. The van der Waals surface area contributed by atoms with Gasteiger partial charge in [-0.1, -0.05) is 110 Å². The van der Waals surface area contributed by atoms with Crippen molar-refractivity contribution in [1.82, 2.24) is 20.4 Å². The maximum absolute atomic E-state index is 14.3. The highest BCUT2D eigenvalue weighted by atomic mass is 16.2. The van der Waals surface area contributed by atoms with E-state index in [1.54, 1.807) is 0 Å². The van der Waals surface area contributed by atoms with Gasteiger partial charge in [0.15, 0.2) is 0 Å². The number of hydrogen-bond donors (Lipinski definition) is 4. The van der Waals surface area contributed by atoms with Crippen LogP contribution in [-0.2, 0) is 52.7 Å². The summed E-state index contributed by atoms with van der Waals surface area (Å²) in [6, 6.07) is 33.4. The molecule has 0 bridgehead atoms. The molecule has 6 aliphatic rings. The SMILES string of the molecule is O=C1C2C(Cc3ccccc3)NC3(C(=O)Nc4ccccc43)C2C(=O)N1CCCCCCN1C(=O)C2C(Cc3ccccc3)NC3(C(=O)Nc4ccccc43)C2C1=O. The number of hydrogen-bond acceptors (Lipinski definition) is 8. The lowest BCUT2D eigenvalue weighted by atomic mass is 9.76. The molecule has 8 unspecified atom stereocenters. The van der Waals surface area contributed by atoms with Gasteiger partial charge in [-0.15, -0.1) is 0 Å². The highest BCUT2D eigenvalue weighted by molar-refractivity contribution is 6.16. The first-order chi connectivity index (χ1) is 28.2. The summed E-state index contributed by atoms with van der Waals surface area (Å²) in [4.78, 5) is 87.3. The van der Waals surface area contributed by atoms with Gasteiger partial charge < -0.3 is 10.6 Å². The number of amides is 6. The first-order valence-electron chi connectivity index (χ1n) is 20.4. The zero-order valence-electron chi connectivity index (χ0n) is 31.9. The second-order valence-electron chi connectivity index (χ2n) is 16.6. The Kier molecular flexibility index (Phi) is 8.68. The number of carbonyl (C=O) groups excluding carboxylic acids is 6. The molecule has 2 spiro atoms. The van der Waals surface area contributed by atoms with Crippen LogP contribution in [0.15, 0.2) is 109 Å². The van der Waals surface area contributed by atoms with E-state index >= 15 is 0 Å². The zero-order chi connectivity index (χ0) is 39.8. The first-order valence-corrected chi connectivity index (χ1v) is 20.4. The number of fused-ring (bicyclic) bond motifs is 8. The van der Waals surface area contributed by atoms with Gasteiger partial charge in [-0.2, -0.15) is 0 Å². The van der Waals surface area contributed by atoms with E-state index in [4.69, 9.17) is 0 Å². The predicted molar refractivity (Wildman–Crippen MR) is 214 cm³/mol. The molecular formula is C46H44N6O6. The number of unbranched alkanes of at least 4 members (excludes halogenated alkanes) is 3. The lowest BCUT2D eigenvalue weighted by Crippen LogP contribution is -2.53. The van der Waals surface area contributed by atoms with Crippen LogP contribution in [-0.4, -0.2) is 70.4 Å². The van der Waals surface area contributed by atoms with Crippen molar-refractivity contribution in [1.29, 1.82) is 0 Å². The number of carbonyl (C=O) groups is 6. The number of nitrogens with one attached hydrogen (secondary N) is 4. The van der Waals surface area contributed by atoms with Gasteiger partial charge >= 0.3 is 0 Å². The molecule has 6 amide bonds. The van der Waals surface area contributed by atoms with Crippen LogP contribution in [0.1, 0.15) is 47.9 Å². The fourth-order valence-corrected chi connectivity index (χ4v) is 11.1. The van der Waals surface area contributed by atoms with Gasteiger partial charge in [0.25, 0.3) is 0 Å². The Balaban J connectivity index is 0.817. The van der Waals surface area contributed by atoms with Crippen LogP contribution in [0.2, 0.25) is 0 Å². The van der Waals surface area contributed by atoms with Crippen molar-refractivity contribution >= 4 is 46.8 Å². The third-order valence-corrected chi connectivity index (χ3v) is 13.5. The van der Waals surface area contributed by atoms with Gasteiger partial charge in [0, 0.05) is 47.7 Å². The zero-order valence-corrected chi connectivity index (χ0v) is 31.9. The minimum Gasteiger partial charge on any atom is -0.324 e. The number of para-hydroxylation sites is 2. The van der Waals surface area contributed by atoms with E-state index in [1.807, 2.05) is 109 Å². The summed E-state index contributed by atoms with van der Waals surface area (Å²) in [6.45, 7) is 0.440. The van der Waals surface area contributed by atoms with Crippen molar-refractivity contribution in [2.45, 2.75) is 61.7 Å². The summed E-state index contributed by atoms with van der Waals surface area (Å²) in [5, 5.41) is 12.9. The predicted octanol–water partition coefficient (Wildman–Crippen LogP) is 3.87. The molecule has 12 heteroatoms. The summed E-state index contributed by atoms with van der Waals surface area (Å²) >= 11 is 0.